The number of carbonyl (C=O) groups is 3. The van der Waals surface area contributed by atoms with E-state index in [0.29, 0.717) is 24.5 Å². The molecule has 1 unspecified atom stereocenters. The lowest BCUT2D eigenvalue weighted by Gasteiger charge is -2.41. The third kappa shape index (κ3) is 4.15. The van der Waals surface area contributed by atoms with Crippen molar-refractivity contribution in [3.63, 3.8) is 0 Å². The van der Waals surface area contributed by atoms with Crippen LogP contribution >= 0.6 is 0 Å². The number of ether oxygens (including phenoxy) is 2. The van der Waals surface area contributed by atoms with Crippen LogP contribution in [0.15, 0.2) is 18.2 Å². The van der Waals surface area contributed by atoms with E-state index in [1.54, 1.807) is 17.0 Å². The Balaban J connectivity index is 1.61. The maximum absolute atomic E-state index is 14.5. The second-order valence-corrected chi connectivity index (χ2v) is 6.67. The number of rotatable bonds is 5. The van der Waals surface area contributed by atoms with Gasteiger partial charge in [-0.2, -0.15) is 0 Å². The van der Waals surface area contributed by atoms with Gasteiger partial charge in [-0.05, 0) is 18.2 Å². The molecule has 1 aromatic rings. The molecule has 28 heavy (non-hydrogen) atoms. The number of alkyl carbamates (subject to hydrolysis) is 1. The lowest BCUT2D eigenvalue weighted by atomic mass is 10.1. The minimum absolute atomic E-state index is 0.0610. The van der Waals surface area contributed by atoms with E-state index in [-0.39, 0.29) is 19.1 Å². The largest absolute Gasteiger partial charge is 0.627 e. The van der Waals surface area contributed by atoms with Crippen LogP contribution in [0, 0.1) is 11.0 Å². The molecule has 2 N–H and O–H groups in total. The van der Waals surface area contributed by atoms with Crippen LogP contribution < -0.4 is 20.2 Å². The van der Waals surface area contributed by atoms with Crippen molar-refractivity contribution in [2.24, 2.45) is 0 Å². The monoisotopic (exact) mass is 396 g/mol. The van der Waals surface area contributed by atoms with E-state index in [9.17, 15) is 24.0 Å². The van der Waals surface area contributed by atoms with E-state index < -0.39 is 35.1 Å². The first-order valence-corrected chi connectivity index (χ1v) is 8.69. The molecule has 2 atom stereocenters. The Morgan fingerprint density at radius 3 is 2.71 bits per heavy atom. The molecular formula is C17H21FN4O6. The normalized spacial score (nSPS) is 20.4. The molecular weight excluding hydrogens is 375 g/mol. The highest BCUT2D eigenvalue weighted by Gasteiger charge is 2.35. The fourth-order valence-electron chi connectivity index (χ4n) is 3.10. The molecule has 2 saturated heterocycles. The van der Waals surface area contributed by atoms with Crippen molar-refractivity contribution < 1.29 is 33.3 Å². The summed E-state index contributed by atoms with van der Waals surface area (Å²) in [5.74, 6) is -1.12. The summed E-state index contributed by atoms with van der Waals surface area (Å²) in [6.07, 6.45) is -1.97. The molecule has 0 aliphatic carbocycles. The predicted octanol–water partition coefficient (Wildman–Crippen LogP) is -0.375. The number of carbonyl (C=O) groups excluding carboxylic acids is 3. The second-order valence-electron chi connectivity index (χ2n) is 6.67. The van der Waals surface area contributed by atoms with Gasteiger partial charge in [0.2, 0.25) is 0 Å². The van der Waals surface area contributed by atoms with E-state index >= 15 is 0 Å². The highest BCUT2D eigenvalue weighted by Crippen LogP contribution is 2.30. The lowest BCUT2D eigenvalue weighted by Crippen LogP contribution is -3.10. The summed E-state index contributed by atoms with van der Waals surface area (Å²) in [7, 11) is 1.27. The minimum Gasteiger partial charge on any atom is -0.627 e. The molecule has 0 saturated carbocycles. The van der Waals surface area contributed by atoms with Gasteiger partial charge in [0.25, 0.3) is 0 Å². The Bertz CT molecular complexity index is 785. The van der Waals surface area contributed by atoms with Gasteiger partial charge in [0, 0.05) is 13.1 Å². The molecule has 0 bridgehead atoms. The number of cyclic esters (lactones) is 1. The molecule has 10 nitrogen and oxygen atoms in total. The number of benzene rings is 1. The number of nitrogens with one attached hydrogen (secondary N) is 2. The summed E-state index contributed by atoms with van der Waals surface area (Å²) < 4.78 is 24.1. The van der Waals surface area contributed by atoms with Crippen molar-refractivity contribution in [3.8, 4) is 0 Å². The average molecular weight is 396 g/mol. The van der Waals surface area contributed by atoms with E-state index in [2.05, 4.69) is 10.1 Å². The number of hydrogen-bond acceptors (Lipinski definition) is 7. The number of quaternary nitrogens is 1. The first-order chi connectivity index (χ1) is 13.3. The molecule has 1 aromatic carbocycles. The first-order valence-electron chi connectivity index (χ1n) is 8.69. The first kappa shape index (κ1) is 19.8. The van der Waals surface area contributed by atoms with Crippen molar-refractivity contribution in [2.45, 2.75) is 19.1 Å². The molecule has 11 heteroatoms. The van der Waals surface area contributed by atoms with Crippen molar-refractivity contribution in [3.05, 3.63) is 29.2 Å². The van der Waals surface area contributed by atoms with Crippen molar-refractivity contribution in [1.82, 2.24) is 5.32 Å². The van der Waals surface area contributed by atoms with E-state index in [4.69, 9.17) is 4.74 Å². The molecule has 0 radical (unpaired) electrons. The number of amides is 3. The SMILES string of the molecule is COC(=O)NC1CN(c2ccc(N3C[C@@H](C[NH+]([O-])C(C)=O)OC3=O)cc2F)C1. The summed E-state index contributed by atoms with van der Waals surface area (Å²) in [6, 6.07) is 4.21. The zero-order valence-electron chi connectivity index (χ0n) is 15.4. The lowest BCUT2D eigenvalue weighted by molar-refractivity contribution is -0.768. The van der Waals surface area contributed by atoms with Crippen LogP contribution in [-0.4, -0.2) is 63.5 Å². The summed E-state index contributed by atoms with van der Waals surface area (Å²) in [4.78, 5) is 37.2. The Kier molecular flexibility index (Phi) is 5.66. The number of hydrogen-bond donors (Lipinski definition) is 2. The van der Waals surface area contributed by atoms with Gasteiger partial charge in [0.15, 0.2) is 6.10 Å². The summed E-state index contributed by atoms with van der Waals surface area (Å²) >= 11 is 0. The van der Waals surface area contributed by atoms with Crippen molar-refractivity contribution >= 4 is 29.5 Å². The van der Waals surface area contributed by atoms with E-state index in [1.165, 1.54) is 18.1 Å². The number of anilines is 2. The van der Waals surface area contributed by atoms with E-state index in [0.717, 1.165) is 6.92 Å². The Morgan fingerprint density at radius 2 is 2.11 bits per heavy atom. The average Bonchev–Trinajstić information content (AvgIpc) is 2.98. The number of hydroxylamine groups is 2. The van der Waals surface area contributed by atoms with Gasteiger partial charge in [-0.3, -0.25) is 4.90 Å². The van der Waals surface area contributed by atoms with Gasteiger partial charge < -0.3 is 30.0 Å². The highest BCUT2D eigenvalue weighted by molar-refractivity contribution is 5.90. The van der Waals surface area contributed by atoms with Gasteiger partial charge in [-0.1, -0.05) is 0 Å². The topological polar surface area (TPSA) is 116 Å². The molecule has 2 aliphatic rings. The smallest absolute Gasteiger partial charge is 0.414 e. The number of methoxy groups -OCH3 is 1. The Hall–Kier alpha value is -2.92. The van der Waals surface area contributed by atoms with Crippen LogP contribution in [0.2, 0.25) is 0 Å². The Labute approximate surface area is 160 Å². The molecule has 3 amide bonds. The third-order valence-corrected chi connectivity index (χ3v) is 4.65. The van der Waals surface area contributed by atoms with Crippen LogP contribution in [0.25, 0.3) is 0 Å². The minimum atomic E-state index is -0.743. The quantitative estimate of drug-likeness (QED) is 0.652. The summed E-state index contributed by atoms with van der Waals surface area (Å²) in [5.41, 5.74) is 0.649. The van der Waals surface area contributed by atoms with E-state index in [1.807, 2.05) is 0 Å². The van der Waals surface area contributed by atoms with Crippen LogP contribution in [0.5, 0.6) is 0 Å². The van der Waals surface area contributed by atoms with Crippen molar-refractivity contribution in [1.29, 1.82) is 0 Å². The van der Waals surface area contributed by atoms with Gasteiger partial charge in [0.1, 0.15) is 12.4 Å². The third-order valence-electron chi connectivity index (χ3n) is 4.65. The highest BCUT2D eigenvalue weighted by atomic mass is 19.1. The number of nitrogens with zero attached hydrogens (tertiary/aromatic N) is 2. The molecule has 2 fully saturated rings. The second kappa shape index (κ2) is 7.98. The van der Waals surface area contributed by atoms with Crippen LogP contribution in [-0.2, 0) is 14.3 Å². The predicted molar refractivity (Wildman–Crippen MR) is 95.4 cm³/mol. The van der Waals surface area contributed by atoms with Gasteiger partial charge >= 0.3 is 18.1 Å². The summed E-state index contributed by atoms with van der Waals surface area (Å²) in [6.45, 7) is 1.90. The molecule has 2 heterocycles. The maximum atomic E-state index is 14.5. The molecule has 2 aliphatic heterocycles. The fourth-order valence-corrected chi connectivity index (χ4v) is 3.10. The maximum Gasteiger partial charge on any atom is 0.414 e. The van der Waals surface area contributed by atoms with Gasteiger partial charge in [-0.25, -0.2) is 18.8 Å². The van der Waals surface area contributed by atoms with Crippen LogP contribution in [0.3, 0.4) is 0 Å². The zero-order valence-corrected chi connectivity index (χ0v) is 15.4. The molecule has 3 rings (SSSR count). The summed E-state index contributed by atoms with van der Waals surface area (Å²) in [5, 5.41) is 13.5. The molecule has 152 valence electrons. The van der Waals surface area contributed by atoms with Crippen molar-refractivity contribution in [2.75, 3.05) is 43.1 Å². The zero-order chi connectivity index (χ0) is 20.4. The number of halogens is 1. The van der Waals surface area contributed by atoms with Crippen LogP contribution in [0.4, 0.5) is 25.4 Å². The standard InChI is InChI=1S/C17H21FN4O6/c1-10(23)22(26)9-13-8-21(17(25)28-13)12-3-4-15(14(18)5-12)20-6-11(7-20)19-16(24)27-2/h3-5,11,13,22H,6-9H2,1-2H3,(H,19,24)/t13-/m0/s1. The fraction of sp³-hybridized carbons (Fsp3) is 0.471. The Morgan fingerprint density at radius 1 is 1.39 bits per heavy atom. The van der Waals surface area contributed by atoms with Gasteiger partial charge in [0.05, 0.1) is 38.0 Å². The molecule has 0 aromatic heterocycles. The van der Waals surface area contributed by atoms with Crippen LogP contribution in [0.1, 0.15) is 6.92 Å². The molecule has 0 spiro atoms. The van der Waals surface area contributed by atoms with Gasteiger partial charge in [-0.15, -0.1) is 0 Å².